The van der Waals surface area contributed by atoms with Gasteiger partial charge in [-0.1, -0.05) is 6.92 Å². The van der Waals surface area contributed by atoms with Gasteiger partial charge in [0, 0.05) is 19.3 Å². The third-order valence-corrected chi connectivity index (χ3v) is 3.46. The van der Waals surface area contributed by atoms with E-state index in [1.807, 2.05) is 6.92 Å². The third-order valence-electron chi connectivity index (χ3n) is 2.12. The Morgan fingerprint density at radius 1 is 1.56 bits per heavy atom. The number of aryl methyl sites for hydroxylation is 1. The van der Waals surface area contributed by atoms with Crippen molar-refractivity contribution in [1.82, 2.24) is 10.2 Å². The van der Waals surface area contributed by atoms with Crippen LogP contribution in [0, 0.1) is 0 Å². The van der Waals surface area contributed by atoms with Crippen LogP contribution in [-0.2, 0) is 21.2 Å². The molecule has 7 heteroatoms. The summed E-state index contributed by atoms with van der Waals surface area (Å²) in [7, 11) is -1.76. The lowest BCUT2D eigenvalue weighted by atomic mass is 10.3. The summed E-state index contributed by atoms with van der Waals surface area (Å²) in [6.07, 6.45) is 2.82. The Balaban J connectivity index is 2.59. The van der Waals surface area contributed by atoms with Gasteiger partial charge in [0.2, 0.25) is 10.0 Å². The van der Waals surface area contributed by atoms with Crippen LogP contribution in [0.4, 0.5) is 5.82 Å². The highest BCUT2D eigenvalue weighted by molar-refractivity contribution is 7.92. The number of nitrogens with one attached hydrogen (secondary N) is 2. The van der Waals surface area contributed by atoms with Crippen LogP contribution in [0.15, 0.2) is 6.20 Å². The van der Waals surface area contributed by atoms with E-state index in [0.29, 0.717) is 18.8 Å². The first-order valence-corrected chi connectivity index (χ1v) is 6.76. The van der Waals surface area contributed by atoms with E-state index in [9.17, 15) is 8.42 Å². The summed E-state index contributed by atoms with van der Waals surface area (Å²) >= 11 is 0. The van der Waals surface area contributed by atoms with Crippen LogP contribution < -0.4 is 4.72 Å². The molecule has 0 spiro atoms. The fourth-order valence-corrected chi connectivity index (χ4v) is 2.36. The van der Waals surface area contributed by atoms with Crippen molar-refractivity contribution in [2.24, 2.45) is 0 Å². The number of hydrogen-bond donors (Lipinski definition) is 2. The zero-order valence-electron chi connectivity index (χ0n) is 9.49. The van der Waals surface area contributed by atoms with Gasteiger partial charge in [0.15, 0.2) is 0 Å². The van der Waals surface area contributed by atoms with Gasteiger partial charge < -0.3 is 4.74 Å². The Morgan fingerprint density at radius 2 is 2.31 bits per heavy atom. The molecule has 0 aliphatic heterocycles. The van der Waals surface area contributed by atoms with Gasteiger partial charge in [0.1, 0.15) is 5.82 Å². The summed E-state index contributed by atoms with van der Waals surface area (Å²) in [4.78, 5) is 0. The van der Waals surface area contributed by atoms with Crippen molar-refractivity contribution in [1.29, 1.82) is 0 Å². The molecule has 1 rings (SSSR count). The molecule has 0 saturated carbocycles. The number of methoxy groups -OCH3 is 1. The van der Waals surface area contributed by atoms with Crippen molar-refractivity contribution in [2.45, 2.75) is 19.8 Å². The molecule has 0 bridgehead atoms. The van der Waals surface area contributed by atoms with Crippen LogP contribution in [0.25, 0.3) is 0 Å². The molecule has 2 N–H and O–H groups in total. The molecule has 0 amide bonds. The first-order chi connectivity index (χ1) is 7.59. The summed E-state index contributed by atoms with van der Waals surface area (Å²) in [5.74, 6) is 0.503. The second-order valence-electron chi connectivity index (χ2n) is 3.39. The number of aromatic nitrogens is 2. The maximum Gasteiger partial charge on any atom is 0.233 e. The zero-order valence-corrected chi connectivity index (χ0v) is 10.3. The predicted octanol–water partition coefficient (Wildman–Crippen LogP) is 0.750. The van der Waals surface area contributed by atoms with Crippen LogP contribution in [0.2, 0.25) is 0 Å². The Hall–Kier alpha value is -1.08. The van der Waals surface area contributed by atoms with Gasteiger partial charge >= 0.3 is 0 Å². The lowest BCUT2D eigenvalue weighted by molar-refractivity contribution is 0.199. The monoisotopic (exact) mass is 247 g/mol. The molecule has 0 fully saturated rings. The Labute approximate surface area is 95.4 Å². The van der Waals surface area contributed by atoms with E-state index >= 15 is 0 Å². The van der Waals surface area contributed by atoms with Gasteiger partial charge in [0.05, 0.1) is 11.9 Å². The number of sulfonamides is 1. The Bertz CT molecular complexity index is 413. The Morgan fingerprint density at radius 3 is 2.94 bits per heavy atom. The van der Waals surface area contributed by atoms with E-state index in [-0.39, 0.29) is 5.75 Å². The molecule has 1 heterocycles. The van der Waals surface area contributed by atoms with Crippen molar-refractivity contribution < 1.29 is 13.2 Å². The number of rotatable bonds is 7. The van der Waals surface area contributed by atoms with Crippen molar-refractivity contribution in [3.8, 4) is 0 Å². The van der Waals surface area contributed by atoms with Gasteiger partial charge in [-0.15, -0.1) is 0 Å². The van der Waals surface area contributed by atoms with Crippen LogP contribution in [0.1, 0.15) is 18.9 Å². The van der Waals surface area contributed by atoms with Crippen LogP contribution >= 0.6 is 0 Å². The van der Waals surface area contributed by atoms with Gasteiger partial charge in [0.25, 0.3) is 0 Å². The minimum absolute atomic E-state index is 0.0447. The second-order valence-corrected chi connectivity index (χ2v) is 5.23. The maximum atomic E-state index is 11.6. The standard InChI is InChI=1S/C9H17N3O3S/c1-3-8-7-10-11-9(8)12-16(13,14)6-4-5-15-2/h7H,3-6H2,1-2H3,(H2,10,11,12). The molecule has 0 saturated heterocycles. The maximum absolute atomic E-state index is 11.6. The molecule has 0 unspecified atom stereocenters. The lowest BCUT2D eigenvalue weighted by Gasteiger charge is -2.06. The highest BCUT2D eigenvalue weighted by Gasteiger charge is 2.13. The lowest BCUT2D eigenvalue weighted by Crippen LogP contribution is -2.18. The predicted molar refractivity (Wildman–Crippen MR) is 61.9 cm³/mol. The van der Waals surface area contributed by atoms with E-state index in [1.54, 1.807) is 13.3 Å². The average Bonchev–Trinajstić information content (AvgIpc) is 2.64. The highest BCUT2D eigenvalue weighted by atomic mass is 32.2. The van der Waals surface area contributed by atoms with Crippen molar-refractivity contribution in [2.75, 3.05) is 24.2 Å². The quantitative estimate of drug-likeness (QED) is 0.696. The van der Waals surface area contributed by atoms with Gasteiger partial charge in [-0.3, -0.25) is 9.82 Å². The Kier molecular flexibility index (Phi) is 4.75. The number of H-pyrrole nitrogens is 1. The third kappa shape index (κ3) is 3.82. The largest absolute Gasteiger partial charge is 0.385 e. The number of aromatic amines is 1. The molecule has 0 aliphatic carbocycles. The summed E-state index contributed by atoms with van der Waals surface area (Å²) in [5.41, 5.74) is 0.857. The van der Waals surface area contributed by atoms with E-state index in [1.165, 1.54) is 0 Å². The van der Waals surface area contributed by atoms with E-state index in [2.05, 4.69) is 14.9 Å². The van der Waals surface area contributed by atoms with Crippen LogP contribution in [-0.4, -0.2) is 38.1 Å². The number of nitrogens with zero attached hydrogens (tertiary/aromatic N) is 1. The molecule has 0 radical (unpaired) electrons. The summed E-state index contributed by atoms with van der Waals surface area (Å²) in [6.45, 7) is 2.37. The van der Waals surface area contributed by atoms with Crippen molar-refractivity contribution in [3.05, 3.63) is 11.8 Å². The molecule has 0 atom stereocenters. The highest BCUT2D eigenvalue weighted by Crippen LogP contribution is 2.13. The summed E-state index contributed by atoms with van der Waals surface area (Å²) in [6, 6.07) is 0. The average molecular weight is 247 g/mol. The topological polar surface area (TPSA) is 84.1 Å². The molecule has 0 aliphatic rings. The fourth-order valence-electron chi connectivity index (χ4n) is 1.27. The summed E-state index contributed by atoms with van der Waals surface area (Å²) < 4.78 is 30.5. The minimum atomic E-state index is -3.31. The minimum Gasteiger partial charge on any atom is -0.385 e. The van der Waals surface area contributed by atoms with Crippen molar-refractivity contribution in [3.63, 3.8) is 0 Å². The first kappa shape index (κ1) is 13.0. The molecule has 0 aromatic carbocycles. The second kappa shape index (κ2) is 5.86. The number of hydrogen-bond acceptors (Lipinski definition) is 4. The molecule has 16 heavy (non-hydrogen) atoms. The van der Waals surface area contributed by atoms with Gasteiger partial charge in [-0.25, -0.2) is 8.42 Å². The molecular formula is C9H17N3O3S. The smallest absolute Gasteiger partial charge is 0.233 e. The van der Waals surface area contributed by atoms with Crippen LogP contribution in [0.3, 0.4) is 0 Å². The van der Waals surface area contributed by atoms with E-state index in [0.717, 1.165) is 12.0 Å². The van der Waals surface area contributed by atoms with E-state index in [4.69, 9.17) is 4.74 Å². The normalized spacial score (nSPS) is 11.6. The SMILES string of the molecule is CCc1cn[nH]c1NS(=O)(=O)CCCOC. The van der Waals surface area contributed by atoms with Crippen LogP contribution in [0.5, 0.6) is 0 Å². The number of ether oxygens (including phenoxy) is 1. The molecular weight excluding hydrogens is 230 g/mol. The van der Waals surface area contributed by atoms with Gasteiger partial charge in [-0.05, 0) is 12.8 Å². The summed E-state index contributed by atoms with van der Waals surface area (Å²) in [5, 5.41) is 6.43. The van der Waals surface area contributed by atoms with Gasteiger partial charge in [-0.2, -0.15) is 5.10 Å². The fraction of sp³-hybridized carbons (Fsp3) is 0.667. The van der Waals surface area contributed by atoms with E-state index < -0.39 is 10.0 Å². The molecule has 1 aromatic rings. The molecule has 6 nitrogen and oxygen atoms in total. The molecule has 1 aromatic heterocycles. The zero-order chi connectivity index (χ0) is 12.0. The first-order valence-electron chi connectivity index (χ1n) is 5.10. The molecule has 92 valence electrons. The number of anilines is 1. The van der Waals surface area contributed by atoms with Crippen molar-refractivity contribution >= 4 is 15.8 Å².